The molecule has 0 atom stereocenters. The van der Waals surface area contributed by atoms with E-state index in [-0.39, 0.29) is 11.0 Å². The van der Waals surface area contributed by atoms with Crippen LogP contribution >= 0.6 is 0 Å². The summed E-state index contributed by atoms with van der Waals surface area (Å²) in [6, 6.07) is 7.38. The molecule has 1 N–H and O–H groups in total. The van der Waals surface area contributed by atoms with Crippen LogP contribution in [-0.4, -0.2) is 29.0 Å². The molecule has 9 heteroatoms. The number of carbonyl (C=O) groups is 1. The second kappa shape index (κ2) is 6.08. The molecular weight excluding hydrogens is 327 g/mol. The minimum absolute atomic E-state index is 0.182. The molecule has 0 aliphatic heterocycles. The number of nitrogens with one attached hydrogen (secondary N) is 1. The van der Waals surface area contributed by atoms with Gasteiger partial charge in [-0.25, -0.2) is 9.48 Å². The molecule has 24 heavy (non-hydrogen) atoms. The van der Waals surface area contributed by atoms with Gasteiger partial charge >= 0.3 is 12.1 Å². The van der Waals surface area contributed by atoms with Gasteiger partial charge in [-0.1, -0.05) is 6.58 Å². The molecule has 0 fully saturated rings. The second-order valence-electron chi connectivity index (χ2n) is 4.63. The summed E-state index contributed by atoms with van der Waals surface area (Å²) in [5.74, 6) is -1.68. The fourth-order valence-electron chi connectivity index (χ4n) is 2.07. The average molecular weight is 337 g/mol. The third-order valence-corrected chi connectivity index (χ3v) is 3.14. The maximum absolute atomic E-state index is 13.1. The average Bonchev–Trinajstić information content (AvgIpc) is 2.82. The topological polar surface area (TPSA) is 87.9 Å². The van der Waals surface area contributed by atoms with E-state index in [0.717, 1.165) is 11.8 Å². The van der Waals surface area contributed by atoms with Crippen molar-refractivity contribution in [2.45, 2.75) is 6.18 Å². The van der Waals surface area contributed by atoms with Crippen molar-refractivity contribution in [3.8, 4) is 11.8 Å². The lowest BCUT2D eigenvalue weighted by molar-refractivity contribution is -0.140. The predicted octanol–water partition coefficient (Wildman–Crippen LogP) is 0.334. The first kappa shape index (κ1) is 17.1. The van der Waals surface area contributed by atoms with E-state index in [2.05, 4.69) is 16.4 Å². The van der Waals surface area contributed by atoms with E-state index in [1.807, 2.05) is 6.07 Å². The van der Waals surface area contributed by atoms with Crippen LogP contribution in [0.4, 0.5) is 13.2 Å². The van der Waals surface area contributed by atoms with Crippen LogP contribution in [0.3, 0.4) is 0 Å². The number of aromatic nitrogens is 2. The number of hydrogen-bond acceptors (Lipinski definition) is 4. The van der Waals surface area contributed by atoms with Crippen molar-refractivity contribution in [1.82, 2.24) is 9.78 Å². The molecule has 0 aliphatic carbocycles. The van der Waals surface area contributed by atoms with Gasteiger partial charge in [0.05, 0.1) is 35.0 Å². The standard InChI is InChI=1S/C15H10F3N3O3/c1-8-11(12(14(23)24-2)15(16,17)18)13(22)21(20-8)10-5-3-9(7-19)4-6-10/h3-6,20H,1H2,2H3. The third kappa shape index (κ3) is 2.94. The highest BCUT2D eigenvalue weighted by Gasteiger charge is 2.41. The van der Waals surface area contributed by atoms with Crippen LogP contribution in [0.15, 0.2) is 29.1 Å². The van der Waals surface area contributed by atoms with Crippen molar-refractivity contribution in [2.24, 2.45) is 0 Å². The Morgan fingerprint density at radius 3 is 2.38 bits per heavy atom. The summed E-state index contributed by atoms with van der Waals surface area (Å²) in [6.07, 6.45) is -5.09. The van der Waals surface area contributed by atoms with Crippen LogP contribution in [0.25, 0.3) is 17.8 Å². The largest absolute Gasteiger partial charge is 0.465 e. The number of aromatic amines is 1. The summed E-state index contributed by atoms with van der Waals surface area (Å²) >= 11 is 0. The Hall–Kier alpha value is -3.28. The Labute approximate surface area is 132 Å². The summed E-state index contributed by atoms with van der Waals surface area (Å²) in [5, 5.41) is 9.81. The van der Waals surface area contributed by atoms with Crippen LogP contribution in [0.5, 0.6) is 0 Å². The van der Waals surface area contributed by atoms with Crippen molar-refractivity contribution in [3.05, 3.63) is 50.8 Å². The maximum atomic E-state index is 13.1. The minimum atomic E-state index is -5.09. The Balaban J connectivity index is 2.84. The van der Waals surface area contributed by atoms with Crippen LogP contribution in [0.2, 0.25) is 0 Å². The number of rotatable bonds is 2. The van der Waals surface area contributed by atoms with E-state index >= 15 is 0 Å². The number of nitriles is 1. The molecule has 2 aromatic rings. The molecule has 6 nitrogen and oxygen atoms in total. The van der Waals surface area contributed by atoms with E-state index in [4.69, 9.17) is 5.26 Å². The normalized spacial score (nSPS) is 12.5. The third-order valence-electron chi connectivity index (χ3n) is 3.14. The first-order valence-electron chi connectivity index (χ1n) is 6.41. The molecule has 0 bridgehead atoms. The van der Waals surface area contributed by atoms with Gasteiger partial charge in [-0.3, -0.25) is 9.89 Å². The fraction of sp³-hybridized carbons (Fsp3) is 0.133. The van der Waals surface area contributed by atoms with Crippen molar-refractivity contribution in [2.75, 3.05) is 7.11 Å². The molecule has 0 saturated heterocycles. The number of esters is 1. The Morgan fingerprint density at radius 2 is 1.92 bits per heavy atom. The van der Waals surface area contributed by atoms with E-state index in [0.29, 0.717) is 5.56 Å². The predicted molar refractivity (Wildman–Crippen MR) is 77.4 cm³/mol. The van der Waals surface area contributed by atoms with Crippen LogP contribution in [-0.2, 0) is 9.53 Å². The van der Waals surface area contributed by atoms with Crippen LogP contribution < -0.4 is 16.1 Å². The molecule has 124 valence electrons. The van der Waals surface area contributed by atoms with Gasteiger partial charge in [-0.2, -0.15) is 18.4 Å². The molecule has 1 aromatic heterocycles. The summed E-state index contributed by atoms with van der Waals surface area (Å²) in [7, 11) is 0.780. The van der Waals surface area contributed by atoms with E-state index in [1.54, 1.807) is 0 Å². The molecule has 0 aliphatic rings. The zero-order valence-corrected chi connectivity index (χ0v) is 12.3. The first-order valence-corrected chi connectivity index (χ1v) is 6.41. The van der Waals surface area contributed by atoms with Crippen molar-refractivity contribution in [3.63, 3.8) is 0 Å². The lowest BCUT2D eigenvalue weighted by Gasteiger charge is -2.07. The molecule has 0 spiro atoms. The van der Waals surface area contributed by atoms with Crippen LogP contribution in [0.1, 0.15) is 5.56 Å². The van der Waals surface area contributed by atoms with Gasteiger partial charge < -0.3 is 4.74 Å². The molecule has 0 saturated carbocycles. The molecule has 0 radical (unpaired) electrons. The highest BCUT2D eigenvalue weighted by Crippen LogP contribution is 2.26. The monoisotopic (exact) mass is 337 g/mol. The van der Waals surface area contributed by atoms with Crippen molar-refractivity contribution >= 4 is 18.1 Å². The fourth-order valence-corrected chi connectivity index (χ4v) is 2.07. The van der Waals surface area contributed by atoms with Gasteiger partial charge in [0.2, 0.25) is 0 Å². The number of halogens is 3. The van der Waals surface area contributed by atoms with Gasteiger partial charge in [0.15, 0.2) is 5.57 Å². The quantitative estimate of drug-likeness (QED) is 0.800. The Kier molecular flexibility index (Phi) is 4.33. The summed E-state index contributed by atoms with van der Waals surface area (Å²) in [6.45, 7) is 3.35. The second-order valence-corrected chi connectivity index (χ2v) is 4.63. The van der Waals surface area contributed by atoms with Gasteiger partial charge in [0.1, 0.15) is 0 Å². The minimum Gasteiger partial charge on any atom is -0.465 e. The highest BCUT2D eigenvalue weighted by molar-refractivity contribution is 6.11. The summed E-state index contributed by atoms with van der Waals surface area (Å²) in [4.78, 5) is 23.8. The first-order chi connectivity index (χ1) is 11.2. The zero-order chi connectivity index (χ0) is 18.1. The number of nitrogens with zero attached hydrogens (tertiary/aromatic N) is 2. The smallest absolute Gasteiger partial charge is 0.424 e. The van der Waals surface area contributed by atoms with Gasteiger partial charge in [0, 0.05) is 0 Å². The lowest BCUT2D eigenvalue weighted by atomic mass is 10.2. The Bertz CT molecular complexity index is 992. The van der Waals surface area contributed by atoms with Gasteiger partial charge in [-0.05, 0) is 24.3 Å². The molecule has 0 amide bonds. The number of alkyl halides is 3. The zero-order valence-electron chi connectivity index (χ0n) is 12.3. The van der Waals surface area contributed by atoms with E-state index in [1.165, 1.54) is 24.3 Å². The van der Waals surface area contributed by atoms with Crippen molar-refractivity contribution in [1.29, 1.82) is 5.26 Å². The van der Waals surface area contributed by atoms with E-state index < -0.39 is 28.5 Å². The molecular formula is C15H10F3N3O3. The SMILES string of the molecule is C=c1[nH]n(-c2ccc(C#N)cc2)c(=O)c1=C(C(=O)OC)C(F)(F)F. The molecule has 2 rings (SSSR count). The van der Waals surface area contributed by atoms with Gasteiger partial charge in [0.25, 0.3) is 5.56 Å². The van der Waals surface area contributed by atoms with Crippen molar-refractivity contribution < 1.29 is 22.7 Å². The van der Waals surface area contributed by atoms with E-state index in [9.17, 15) is 22.8 Å². The maximum Gasteiger partial charge on any atom is 0.424 e. The lowest BCUT2D eigenvalue weighted by Crippen LogP contribution is -2.42. The molecule has 1 aromatic carbocycles. The number of hydrogen-bond donors (Lipinski definition) is 1. The number of carbonyl (C=O) groups excluding carboxylic acids is 1. The highest BCUT2D eigenvalue weighted by atomic mass is 19.4. The summed E-state index contributed by atoms with van der Waals surface area (Å²) in [5.41, 5.74) is -2.35. The number of ether oxygens (including phenoxy) is 1. The Morgan fingerprint density at radius 1 is 1.33 bits per heavy atom. The molecule has 0 unspecified atom stereocenters. The molecule has 1 heterocycles. The number of methoxy groups -OCH3 is 1. The van der Waals surface area contributed by atoms with Crippen LogP contribution in [0, 0.1) is 11.3 Å². The summed E-state index contributed by atoms with van der Waals surface area (Å²) < 4.78 is 44.4. The van der Waals surface area contributed by atoms with Gasteiger partial charge in [-0.15, -0.1) is 0 Å². The number of benzene rings is 1. The number of H-pyrrole nitrogens is 1.